The predicted molar refractivity (Wildman–Crippen MR) is 61.0 cm³/mol. The first kappa shape index (κ1) is 10.2. The normalized spacial score (nSPS) is 21.4. The van der Waals surface area contributed by atoms with E-state index in [1.165, 1.54) is 0 Å². The molecule has 2 heterocycles. The van der Waals surface area contributed by atoms with Crippen molar-refractivity contribution >= 4 is 28.9 Å². The quantitative estimate of drug-likeness (QED) is 0.793. The van der Waals surface area contributed by atoms with Crippen molar-refractivity contribution in [2.45, 2.75) is 19.8 Å². The molecule has 1 saturated heterocycles. The number of carbonyl (C=O) groups is 1. The van der Waals surface area contributed by atoms with E-state index in [1.54, 1.807) is 11.3 Å². The Balaban J connectivity index is 1.93. The van der Waals surface area contributed by atoms with E-state index in [0.717, 1.165) is 28.6 Å². The Morgan fingerprint density at radius 3 is 3.14 bits per heavy atom. The van der Waals surface area contributed by atoms with E-state index in [1.807, 2.05) is 24.1 Å². The minimum atomic E-state index is 0.294. The van der Waals surface area contributed by atoms with E-state index < -0.39 is 0 Å². The second-order valence-electron chi connectivity index (χ2n) is 3.56. The van der Waals surface area contributed by atoms with Crippen LogP contribution in [-0.4, -0.2) is 22.3 Å². The Hall–Kier alpha value is -0.350. The molecule has 0 aromatic carbocycles. The molecule has 14 heavy (non-hydrogen) atoms. The summed E-state index contributed by atoms with van der Waals surface area (Å²) in [6.45, 7) is 1.98. The van der Waals surface area contributed by atoms with Crippen LogP contribution in [0.15, 0.2) is 5.38 Å². The molecule has 0 saturated carbocycles. The van der Waals surface area contributed by atoms with Crippen LogP contribution in [0.25, 0.3) is 0 Å². The van der Waals surface area contributed by atoms with Crippen molar-refractivity contribution in [1.82, 2.24) is 4.98 Å². The average molecular weight is 227 g/mol. The van der Waals surface area contributed by atoms with Gasteiger partial charge in [0.2, 0.25) is 0 Å². The minimum absolute atomic E-state index is 0.294. The number of hydrogen-bond donors (Lipinski definition) is 0. The number of Topliss-reactive ketones (excluding diaryl/α,β-unsaturated/α-hetero) is 1. The number of carbonyl (C=O) groups excluding carboxylic acids is 1. The molecule has 0 radical (unpaired) electrons. The highest BCUT2D eigenvalue weighted by Gasteiger charge is 2.23. The second-order valence-corrected chi connectivity index (χ2v) is 5.77. The summed E-state index contributed by atoms with van der Waals surface area (Å²) in [7, 11) is 0. The summed E-state index contributed by atoms with van der Waals surface area (Å²) in [4.78, 5) is 16.1. The third-order valence-corrected chi connectivity index (χ3v) is 4.39. The van der Waals surface area contributed by atoms with Crippen LogP contribution in [0.2, 0.25) is 0 Å². The number of rotatable bonds is 3. The fourth-order valence-electron chi connectivity index (χ4n) is 1.60. The van der Waals surface area contributed by atoms with Crippen LogP contribution in [0.5, 0.6) is 0 Å². The largest absolute Gasteiger partial charge is 0.299 e. The van der Waals surface area contributed by atoms with Crippen molar-refractivity contribution < 1.29 is 4.79 Å². The highest BCUT2D eigenvalue weighted by Crippen LogP contribution is 2.25. The van der Waals surface area contributed by atoms with Crippen molar-refractivity contribution in [2.75, 3.05) is 11.5 Å². The van der Waals surface area contributed by atoms with Crippen LogP contribution in [0.1, 0.15) is 17.1 Å². The highest BCUT2D eigenvalue weighted by atomic mass is 32.2. The topological polar surface area (TPSA) is 30.0 Å². The summed E-state index contributed by atoms with van der Waals surface area (Å²) in [5.74, 6) is 2.83. The SMILES string of the molecule is Cc1nc(CC(=O)C2CCSC2)cs1. The van der Waals surface area contributed by atoms with Gasteiger partial charge in [0.25, 0.3) is 0 Å². The Labute approximate surface area is 92.1 Å². The first-order chi connectivity index (χ1) is 6.75. The lowest BCUT2D eigenvalue weighted by Gasteiger charge is -2.04. The fraction of sp³-hybridized carbons (Fsp3) is 0.600. The van der Waals surface area contributed by atoms with E-state index in [9.17, 15) is 4.79 Å². The molecule has 2 nitrogen and oxygen atoms in total. The van der Waals surface area contributed by atoms with Gasteiger partial charge in [0.1, 0.15) is 5.78 Å². The molecule has 4 heteroatoms. The van der Waals surface area contributed by atoms with Gasteiger partial charge in [0.15, 0.2) is 0 Å². The van der Waals surface area contributed by atoms with Crippen LogP contribution in [0.3, 0.4) is 0 Å². The highest BCUT2D eigenvalue weighted by molar-refractivity contribution is 7.99. The van der Waals surface area contributed by atoms with Gasteiger partial charge in [-0.25, -0.2) is 4.98 Å². The average Bonchev–Trinajstić information content (AvgIpc) is 2.75. The first-order valence-electron chi connectivity index (χ1n) is 4.77. The first-order valence-corrected chi connectivity index (χ1v) is 6.80. The zero-order chi connectivity index (χ0) is 9.97. The van der Waals surface area contributed by atoms with Gasteiger partial charge in [-0.2, -0.15) is 11.8 Å². The maximum Gasteiger partial charge on any atom is 0.142 e. The molecule has 0 aliphatic carbocycles. The van der Waals surface area contributed by atoms with E-state index in [0.29, 0.717) is 18.1 Å². The molecule has 0 bridgehead atoms. The van der Waals surface area contributed by atoms with Gasteiger partial charge < -0.3 is 0 Å². The Kier molecular flexibility index (Phi) is 3.23. The van der Waals surface area contributed by atoms with Crippen LogP contribution < -0.4 is 0 Å². The van der Waals surface area contributed by atoms with Crippen molar-refractivity contribution in [3.8, 4) is 0 Å². The number of aromatic nitrogens is 1. The van der Waals surface area contributed by atoms with Gasteiger partial charge in [-0.15, -0.1) is 11.3 Å². The minimum Gasteiger partial charge on any atom is -0.299 e. The molecule has 1 fully saturated rings. The molecule has 1 aliphatic rings. The lowest BCUT2D eigenvalue weighted by atomic mass is 10.0. The van der Waals surface area contributed by atoms with Crippen molar-refractivity contribution in [3.63, 3.8) is 0 Å². The molecule has 1 unspecified atom stereocenters. The summed E-state index contributed by atoms with van der Waals surface area (Å²) < 4.78 is 0. The number of nitrogens with zero attached hydrogens (tertiary/aromatic N) is 1. The lowest BCUT2D eigenvalue weighted by molar-refractivity contribution is -0.121. The number of hydrogen-bond acceptors (Lipinski definition) is 4. The maximum atomic E-state index is 11.8. The molecule has 1 aliphatic heterocycles. The summed E-state index contributed by atoms with van der Waals surface area (Å²) >= 11 is 3.51. The van der Waals surface area contributed by atoms with Gasteiger partial charge in [0, 0.05) is 23.5 Å². The molecular weight excluding hydrogens is 214 g/mol. The molecule has 1 aromatic heterocycles. The molecule has 2 rings (SSSR count). The van der Waals surface area contributed by atoms with Crippen LogP contribution >= 0.6 is 23.1 Å². The second kappa shape index (κ2) is 4.45. The molecule has 1 aromatic rings. The molecular formula is C10H13NOS2. The fourth-order valence-corrected chi connectivity index (χ4v) is 3.47. The lowest BCUT2D eigenvalue weighted by Crippen LogP contribution is -2.16. The maximum absolute atomic E-state index is 11.8. The van der Waals surface area contributed by atoms with Crippen molar-refractivity contribution in [1.29, 1.82) is 0 Å². The Morgan fingerprint density at radius 2 is 2.57 bits per heavy atom. The summed E-state index contributed by atoms with van der Waals surface area (Å²) in [5.41, 5.74) is 0.953. The van der Waals surface area contributed by atoms with Gasteiger partial charge in [-0.05, 0) is 19.1 Å². The Morgan fingerprint density at radius 1 is 1.71 bits per heavy atom. The van der Waals surface area contributed by atoms with Gasteiger partial charge in [-0.1, -0.05) is 0 Å². The predicted octanol–water partition coefficient (Wildman–Crippen LogP) is 2.32. The summed E-state index contributed by atoms with van der Waals surface area (Å²) in [6, 6.07) is 0. The number of thiazole rings is 1. The zero-order valence-electron chi connectivity index (χ0n) is 8.16. The van der Waals surface area contributed by atoms with E-state index >= 15 is 0 Å². The van der Waals surface area contributed by atoms with Crippen molar-refractivity contribution in [3.05, 3.63) is 16.1 Å². The monoisotopic (exact) mass is 227 g/mol. The number of aryl methyl sites for hydroxylation is 1. The van der Waals surface area contributed by atoms with Crippen LogP contribution in [0, 0.1) is 12.8 Å². The Bertz CT molecular complexity index is 329. The summed E-state index contributed by atoms with van der Waals surface area (Å²) in [6.07, 6.45) is 1.60. The van der Waals surface area contributed by atoms with Gasteiger partial charge in [0.05, 0.1) is 10.7 Å². The smallest absolute Gasteiger partial charge is 0.142 e. The van der Waals surface area contributed by atoms with E-state index in [2.05, 4.69) is 4.98 Å². The summed E-state index contributed by atoms with van der Waals surface area (Å²) in [5, 5.41) is 3.04. The van der Waals surface area contributed by atoms with Crippen molar-refractivity contribution in [2.24, 2.45) is 5.92 Å². The number of thioether (sulfide) groups is 1. The molecule has 76 valence electrons. The third kappa shape index (κ3) is 2.36. The van der Waals surface area contributed by atoms with Crippen LogP contribution in [-0.2, 0) is 11.2 Å². The molecule has 0 amide bonds. The standard InChI is InChI=1S/C10H13NOS2/c1-7-11-9(6-14-7)4-10(12)8-2-3-13-5-8/h6,8H,2-5H2,1H3. The zero-order valence-corrected chi connectivity index (χ0v) is 9.79. The molecule has 0 spiro atoms. The molecule has 1 atom stereocenters. The van der Waals surface area contributed by atoms with E-state index in [4.69, 9.17) is 0 Å². The molecule has 0 N–H and O–H groups in total. The van der Waals surface area contributed by atoms with E-state index in [-0.39, 0.29) is 0 Å². The van der Waals surface area contributed by atoms with Gasteiger partial charge >= 0.3 is 0 Å². The third-order valence-electron chi connectivity index (χ3n) is 2.41. The van der Waals surface area contributed by atoms with Gasteiger partial charge in [-0.3, -0.25) is 4.79 Å². The number of ketones is 1. The van der Waals surface area contributed by atoms with Crippen LogP contribution in [0.4, 0.5) is 0 Å².